The Morgan fingerprint density at radius 2 is 2.00 bits per heavy atom. The van der Waals surface area contributed by atoms with Crippen molar-refractivity contribution < 1.29 is 14.3 Å². The summed E-state index contributed by atoms with van der Waals surface area (Å²) in [6.45, 7) is 2.62. The topological polar surface area (TPSA) is 51.7 Å². The maximum atomic E-state index is 12.4. The molecule has 0 atom stereocenters. The second kappa shape index (κ2) is 5.19. The molecule has 3 heterocycles. The monoisotopic (exact) mass is 326 g/mol. The molecule has 0 aromatic carbocycles. The number of hydrogen-bond donors (Lipinski definition) is 0. The van der Waals surface area contributed by atoms with E-state index in [9.17, 15) is 4.79 Å². The van der Waals surface area contributed by atoms with Crippen LogP contribution in [0.5, 0.6) is 0 Å². The van der Waals surface area contributed by atoms with Crippen LogP contribution < -0.4 is 0 Å². The first kappa shape index (κ1) is 13.0. The lowest BCUT2D eigenvalue weighted by Gasteiger charge is -2.37. The van der Waals surface area contributed by atoms with Gasteiger partial charge in [0.15, 0.2) is 5.79 Å². The first-order valence-electron chi connectivity index (χ1n) is 6.38. The fourth-order valence-corrected chi connectivity index (χ4v) is 2.97. The Bertz CT molecular complexity index is 479. The molecule has 0 N–H and O–H groups in total. The highest BCUT2D eigenvalue weighted by molar-refractivity contribution is 9.10. The summed E-state index contributed by atoms with van der Waals surface area (Å²) in [4.78, 5) is 18.3. The van der Waals surface area contributed by atoms with Gasteiger partial charge in [0.1, 0.15) is 4.60 Å². The molecule has 19 heavy (non-hydrogen) atoms. The van der Waals surface area contributed by atoms with Gasteiger partial charge in [0.2, 0.25) is 0 Å². The van der Waals surface area contributed by atoms with Crippen LogP contribution in [0.25, 0.3) is 0 Å². The van der Waals surface area contributed by atoms with Crippen molar-refractivity contribution in [2.24, 2.45) is 0 Å². The number of nitrogens with zero attached hydrogens (tertiary/aromatic N) is 2. The number of piperidine rings is 1. The van der Waals surface area contributed by atoms with Crippen molar-refractivity contribution in [1.82, 2.24) is 9.88 Å². The molecule has 2 aliphatic heterocycles. The van der Waals surface area contributed by atoms with Gasteiger partial charge in [0, 0.05) is 32.1 Å². The average molecular weight is 327 g/mol. The lowest BCUT2D eigenvalue weighted by atomic mass is 10.0. The Labute approximate surface area is 120 Å². The summed E-state index contributed by atoms with van der Waals surface area (Å²) in [6, 6.07) is 3.55. The van der Waals surface area contributed by atoms with E-state index in [1.54, 1.807) is 18.3 Å². The summed E-state index contributed by atoms with van der Waals surface area (Å²) >= 11 is 3.32. The van der Waals surface area contributed by atoms with Crippen molar-refractivity contribution >= 4 is 21.8 Å². The van der Waals surface area contributed by atoms with E-state index in [1.807, 2.05) is 4.90 Å². The van der Waals surface area contributed by atoms with Crippen molar-refractivity contribution in [2.45, 2.75) is 18.6 Å². The Kier molecular flexibility index (Phi) is 3.56. The molecule has 0 radical (unpaired) electrons. The maximum Gasteiger partial charge on any atom is 0.256 e. The van der Waals surface area contributed by atoms with Crippen LogP contribution in [0, 0.1) is 0 Å². The number of pyridine rings is 1. The van der Waals surface area contributed by atoms with Crippen LogP contribution in [0.2, 0.25) is 0 Å². The number of carbonyl (C=O) groups excluding carboxylic acids is 1. The number of hydrogen-bond acceptors (Lipinski definition) is 4. The van der Waals surface area contributed by atoms with Crippen LogP contribution in [0.4, 0.5) is 0 Å². The van der Waals surface area contributed by atoms with E-state index in [-0.39, 0.29) is 5.91 Å². The van der Waals surface area contributed by atoms with E-state index < -0.39 is 5.79 Å². The van der Waals surface area contributed by atoms with Gasteiger partial charge in [0.05, 0.1) is 18.8 Å². The minimum Gasteiger partial charge on any atom is -0.347 e. The smallest absolute Gasteiger partial charge is 0.256 e. The van der Waals surface area contributed by atoms with Gasteiger partial charge in [-0.05, 0) is 28.1 Å². The molecule has 0 saturated carbocycles. The van der Waals surface area contributed by atoms with E-state index >= 15 is 0 Å². The van der Waals surface area contributed by atoms with Crippen LogP contribution in [-0.4, -0.2) is 47.9 Å². The molecule has 1 amide bonds. The molecule has 2 fully saturated rings. The predicted molar refractivity (Wildman–Crippen MR) is 71.7 cm³/mol. The number of ether oxygens (including phenoxy) is 2. The number of rotatable bonds is 1. The first-order chi connectivity index (χ1) is 9.20. The molecular formula is C13H15BrN2O3. The van der Waals surface area contributed by atoms with Crippen LogP contribution in [0.1, 0.15) is 23.2 Å². The third kappa shape index (κ3) is 2.52. The molecular weight excluding hydrogens is 312 g/mol. The Morgan fingerprint density at radius 1 is 1.32 bits per heavy atom. The van der Waals surface area contributed by atoms with Crippen molar-refractivity contribution in [3.63, 3.8) is 0 Å². The molecule has 0 bridgehead atoms. The second-order valence-corrected chi connectivity index (χ2v) is 5.49. The van der Waals surface area contributed by atoms with Gasteiger partial charge >= 0.3 is 0 Å². The zero-order chi connectivity index (χ0) is 13.3. The van der Waals surface area contributed by atoms with Crippen molar-refractivity contribution in [3.05, 3.63) is 28.5 Å². The zero-order valence-electron chi connectivity index (χ0n) is 10.5. The normalized spacial score (nSPS) is 21.8. The average Bonchev–Trinajstić information content (AvgIpc) is 2.88. The summed E-state index contributed by atoms with van der Waals surface area (Å²) < 4.78 is 11.9. The van der Waals surface area contributed by atoms with Gasteiger partial charge < -0.3 is 14.4 Å². The van der Waals surface area contributed by atoms with E-state index in [0.717, 1.165) is 12.8 Å². The van der Waals surface area contributed by atoms with Crippen LogP contribution in [0.3, 0.4) is 0 Å². The third-order valence-electron chi connectivity index (χ3n) is 3.62. The van der Waals surface area contributed by atoms with E-state index in [2.05, 4.69) is 20.9 Å². The fraction of sp³-hybridized carbons (Fsp3) is 0.538. The quantitative estimate of drug-likeness (QED) is 0.739. The molecule has 0 aliphatic carbocycles. The van der Waals surface area contributed by atoms with Crippen LogP contribution in [0.15, 0.2) is 22.9 Å². The lowest BCUT2D eigenvalue weighted by molar-refractivity contribution is -0.181. The fourth-order valence-electron chi connectivity index (χ4n) is 2.55. The van der Waals surface area contributed by atoms with Crippen LogP contribution >= 0.6 is 15.9 Å². The van der Waals surface area contributed by atoms with Crippen molar-refractivity contribution in [2.75, 3.05) is 26.3 Å². The maximum absolute atomic E-state index is 12.4. The van der Waals surface area contributed by atoms with Crippen molar-refractivity contribution in [3.8, 4) is 0 Å². The van der Waals surface area contributed by atoms with Gasteiger partial charge in [-0.3, -0.25) is 4.79 Å². The summed E-state index contributed by atoms with van der Waals surface area (Å²) in [6.07, 6.45) is 3.12. The van der Waals surface area contributed by atoms with Gasteiger partial charge in [-0.1, -0.05) is 0 Å². The summed E-state index contributed by atoms with van der Waals surface area (Å²) in [5.74, 6) is -0.434. The predicted octanol–water partition coefficient (Wildman–Crippen LogP) is 1.82. The number of carbonyl (C=O) groups is 1. The SMILES string of the molecule is O=C(c1cccnc1Br)N1CCC2(CC1)OCCO2. The molecule has 1 spiro atoms. The highest BCUT2D eigenvalue weighted by Gasteiger charge is 2.41. The summed E-state index contributed by atoms with van der Waals surface area (Å²) in [7, 11) is 0. The highest BCUT2D eigenvalue weighted by atomic mass is 79.9. The van der Waals surface area contributed by atoms with Crippen LogP contribution in [-0.2, 0) is 9.47 Å². The molecule has 1 aromatic rings. The standard InChI is InChI=1S/C13H15BrN2O3/c14-11-10(2-1-5-15-11)12(17)16-6-3-13(4-7-16)18-8-9-19-13/h1-2,5H,3-4,6-9H2. The summed E-state index contributed by atoms with van der Waals surface area (Å²) in [5.41, 5.74) is 0.603. The number of aromatic nitrogens is 1. The van der Waals surface area contributed by atoms with Gasteiger partial charge in [0.25, 0.3) is 5.91 Å². The lowest BCUT2D eigenvalue weighted by Crippen LogP contribution is -2.47. The Balaban J connectivity index is 1.68. The molecule has 3 rings (SSSR count). The number of amides is 1. The molecule has 2 aliphatic rings. The van der Waals surface area contributed by atoms with Crippen molar-refractivity contribution in [1.29, 1.82) is 0 Å². The Hall–Kier alpha value is -0.980. The molecule has 2 saturated heterocycles. The summed E-state index contributed by atoms with van der Waals surface area (Å²) in [5, 5.41) is 0. The van der Waals surface area contributed by atoms with E-state index in [4.69, 9.17) is 9.47 Å². The molecule has 1 aromatic heterocycles. The second-order valence-electron chi connectivity index (χ2n) is 4.74. The number of likely N-dealkylation sites (tertiary alicyclic amines) is 1. The zero-order valence-corrected chi connectivity index (χ0v) is 12.1. The van der Waals surface area contributed by atoms with Gasteiger partial charge in [-0.25, -0.2) is 4.98 Å². The van der Waals surface area contributed by atoms with Gasteiger partial charge in [-0.15, -0.1) is 0 Å². The molecule has 0 unspecified atom stereocenters. The van der Waals surface area contributed by atoms with E-state index in [1.165, 1.54) is 0 Å². The minimum atomic E-state index is -0.442. The molecule has 5 nitrogen and oxygen atoms in total. The highest BCUT2D eigenvalue weighted by Crippen LogP contribution is 2.32. The minimum absolute atomic E-state index is 0.00724. The number of halogens is 1. The molecule has 102 valence electrons. The van der Waals surface area contributed by atoms with Gasteiger partial charge in [-0.2, -0.15) is 0 Å². The first-order valence-corrected chi connectivity index (χ1v) is 7.17. The molecule has 6 heteroatoms. The largest absolute Gasteiger partial charge is 0.347 e. The third-order valence-corrected chi connectivity index (χ3v) is 4.25. The Morgan fingerprint density at radius 3 is 2.63 bits per heavy atom. The van der Waals surface area contributed by atoms with E-state index in [0.29, 0.717) is 36.5 Å².